The van der Waals surface area contributed by atoms with E-state index in [2.05, 4.69) is 4.72 Å². The quantitative estimate of drug-likeness (QED) is 0.830. The van der Waals surface area contributed by atoms with Crippen molar-refractivity contribution < 1.29 is 17.7 Å². The van der Waals surface area contributed by atoms with Crippen LogP contribution in [0.5, 0.6) is 0 Å². The molecule has 2 atom stereocenters. The van der Waals surface area contributed by atoms with Crippen molar-refractivity contribution in [1.82, 2.24) is 4.72 Å². The van der Waals surface area contributed by atoms with Crippen molar-refractivity contribution in [3.05, 3.63) is 35.9 Å². The standard InChI is InChI=1S/C14H20F3NOS/c1-13(2,3)20(19)18-12(9-10-14(15,16)17)11-7-5-4-6-8-11/h4-8,12,18H,9-10H2,1-3H3/t12-,20-/m0/s1. The Balaban J connectivity index is 2.80. The van der Waals surface area contributed by atoms with Crippen LogP contribution in [0.2, 0.25) is 0 Å². The van der Waals surface area contributed by atoms with Crippen LogP contribution in [0.4, 0.5) is 13.2 Å². The van der Waals surface area contributed by atoms with Gasteiger partial charge in [0.1, 0.15) is 4.75 Å². The number of alkyl halides is 3. The highest BCUT2D eigenvalue weighted by Gasteiger charge is 2.33. The summed E-state index contributed by atoms with van der Waals surface area (Å²) in [6.07, 6.45) is -5.24. The van der Waals surface area contributed by atoms with Gasteiger partial charge in [-0.3, -0.25) is 0 Å². The highest BCUT2D eigenvalue weighted by atomic mass is 32.2. The molecule has 1 aromatic rings. The molecule has 0 bridgehead atoms. The largest absolute Gasteiger partial charge is 0.598 e. The van der Waals surface area contributed by atoms with Crippen molar-refractivity contribution >= 4 is 11.4 Å². The van der Waals surface area contributed by atoms with Crippen LogP contribution in [0, 0.1) is 0 Å². The molecular formula is C14H20F3NOS. The first kappa shape index (κ1) is 17.3. The highest BCUT2D eigenvalue weighted by Crippen LogP contribution is 2.29. The summed E-state index contributed by atoms with van der Waals surface area (Å²) < 4.78 is 51.6. The fourth-order valence-corrected chi connectivity index (χ4v) is 2.46. The minimum absolute atomic E-state index is 0.130. The summed E-state index contributed by atoms with van der Waals surface area (Å²) >= 11 is -1.41. The molecule has 20 heavy (non-hydrogen) atoms. The second kappa shape index (κ2) is 6.83. The number of hydrogen-bond acceptors (Lipinski definition) is 2. The average Bonchev–Trinajstić information content (AvgIpc) is 2.33. The van der Waals surface area contributed by atoms with Crippen LogP contribution in [0.1, 0.15) is 45.2 Å². The zero-order valence-electron chi connectivity index (χ0n) is 11.8. The van der Waals surface area contributed by atoms with E-state index in [0.717, 1.165) is 0 Å². The minimum Gasteiger partial charge on any atom is -0.598 e. The third kappa shape index (κ3) is 6.15. The van der Waals surface area contributed by atoms with Gasteiger partial charge >= 0.3 is 6.18 Å². The Bertz CT molecular complexity index is 403. The fraction of sp³-hybridized carbons (Fsp3) is 0.571. The Morgan fingerprint density at radius 1 is 1.15 bits per heavy atom. The topological polar surface area (TPSA) is 35.1 Å². The maximum absolute atomic E-state index is 12.4. The first-order valence-electron chi connectivity index (χ1n) is 6.39. The molecular weight excluding hydrogens is 287 g/mol. The Kier molecular flexibility index (Phi) is 5.91. The molecule has 0 fully saturated rings. The van der Waals surface area contributed by atoms with Crippen molar-refractivity contribution in [2.24, 2.45) is 0 Å². The van der Waals surface area contributed by atoms with E-state index in [9.17, 15) is 17.7 Å². The first-order valence-corrected chi connectivity index (χ1v) is 7.54. The van der Waals surface area contributed by atoms with Crippen molar-refractivity contribution in [2.45, 2.75) is 50.6 Å². The molecule has 0 aromatic heterocycles. The summed E-state index contributed by atoms with van der Waals surface area (Å²) in [5.74, 6) is 0. The lowest BCUT2D eigenvalue weighted by Gasteiger charge is -2.28. The van der Waals surface area contributed by atoms with Crippen molar-refractivity contribution in [1.29, 1.82) is 0 Å². The molecule has 0 amide bonds. The van der Waals surface area contributed by atoms with Crippen LogP contribution in [-0.2, 0) is 11.4 Å². The molecule has 0 unspecified atom stereocenters. The van der Waals surface area contributed by atoms with Crippen molar-refractivity contribution in [2.75, 3.05) is 0 Å². The maximum atomic E-state index is 12.4. The summed E-state index contributed by atoms with van der Waals surface area (Å²) in [5, 5.41) is 0. The molecule has 1 N–H and O–H groups in total. The van der Waals surface area contributed by atoms with Gasteiger partial charge in [-0.15, -0.1) is 4.72 Å². The zero-order chi connectivity index (χ0) is 15.4. The third-order valence-corrected chi connectivity index (χ3v) is 4.33. The number of hydrogen-bond donors (Lipinski definition) is 1. The molecule has 114 valence electrons. The lowest BCUT2D eigenvalue weighted by Crippen LogP contribution is -2.41. The van der Waals surface area contributed by atoms with Gasteiger partial charge in [0.25, 0.3) is 0 Å². The second-order valence-electron chi connectivity index (χ2n) is 5.62. The fourth-order valence-electron chi connectivity index (χ4n) is 1.59. The smallest absolute Gasteiger partial charge is 0.389 e. The molecule has 0 heterocycles. The van der Waals surface area contributed by atoms with Gasteiger partial charge in [-0.2, -0.15) is 13.2 Å². The molecule has 0 aliphatic heterocycles. The average molecular weight is 307 g/mol. The highest BCUT2D eigenvalue weighted by molar-refractivity contribution is 7.90. The predicted octanol–water partition coefficient (Wildman–Crippen LogP) is 4.12. The lowest BCUT2D eigenvalue weighted by molar-refractivity contribution is -0.136. The molecule has 0 spiro atoms. The molecule has 2 nitrogen and oxygen atoms in total. The van der Waals surface area contributed by atoms with Gasteiger partial charge in [0, 0.05) is 17.8 Å². The molecule has 1 aromatic carbocycles. The second-order valence-corrected chi connectivity index (χ2v) is 7.61. The molecule has 0 aliphatic rings. The molecule has 6 heteroatoms. The molecule has 0 radical (unpaired) electrons. The van der Waals surface area contributed by atoms with Gasteiger partial charge in [0.2, 0.25) is 0 Å². The zero-order valence-corrected chi connectivity index (χ0v) is 12.6. The van der Waals surface area contributed by atoms with Crippen LogP contribution in [0.25, 0.3) is 0 Å². The number of rotatable bonds is 5. The van der Waals surface area contributed by atoms with E-state index in [4.69, 9.17) is 0 Å². The van der Waals surface area contributed by atoms with Gasteiger partial charge in [-0.25, -0.2) is 0 Å². The number of halogens is 3. The van der Waals surface area contributed by atoms with E-state index in [-0.39, 0.29) is 6.42 Å². The van der Waals surface area contributed by atoms with E-state index in [1.807, 2.05) is 0 Å². The molecule has 0 saturated heterocycles. The van der Waals surface area contributed by atoms with Crippen LogP contribution in [0.15, 0.2) is 30.3 Å². The van der Waals surface area contributed by atoms with Crippen LogP contribution in [0.3, 0.4) is 0 Å². The Morgan fingerprint density at radius 3 is 2.15 bits per heavy atom. The molecule has 1 rings (SSSR count). The van der Waals surface area contributed by atoms with Crippen LogP contribution in [-0.4, -0.2) is 15.5 Å². The maximum Gasteiger partial charge on any atom is 0.389 e. The Hall–Kier alpha value is -0.720. The van der Waals surface area contributed by atoms with E-state index in [1.54, 1.807) is 51.1 Å². The summed E-state index contributed by atoms with van der Waals surface area (Å²) in [7, 11) is 0. The lowest BCUT2D eigenvalue weighted by atomic mass is 10.0. The van der Waals surface area contributed by atoms with Crippen molar-refractivity contribution in [3.63, 3.8) is 0 Å². The van der Waals surface area contributed by atoms with Crippen molar-refractivity contribution in [3.8, 4) is 0 Å². The van der Waals surface area contributed by atoms with E-state index in [1.165, 1.54) is 0 Å². The van der Waals surface area contributed by atoms with Crippen LogP contribution < -0.4 is 4.72 Å². The Labute approximate surface area is 121 Å². The van der Waals surface area contributed by atoms with E-state index in [0.29, 0.717) is 5.56 Å². The Morgan fingerprint density at radius 2 is 1.70 bits per heavy atom. The molecule has 0 saturated carbocycles. The van der Waals surface area contributed by atoms with Crippen LogP contribution >= 0.6 is 0 Å². The van der Waals surface area contributed by atoms with E-state index >= 15 is 0 Å². The summed E-state index contributed by atoms with van der Waals surface area (Å²) in [6, 6.07) is 8.24. The summed E-state index contributed by atoms with van der Waals surface area (Å²) in [5.41, 5.74) is 0.717. The monoisotopic (exact) mass is 307 g/mol. The first-order chi connectivity index (χ1) is 9.09. The number of benzene rings is 1. The molecule has 0 aliphatic carbocycles. The van der Waals surface area contributed by atoms with Gasteiger partial charge in [-0.05, 0) is 32.8 Å². The van der Waals surface area contributed by atoms with Gasteiger partial charge < -0.3 is 4.55 Å². The minimum atomic E-state index is -4.21. The van der Waals surface area contributed by atoms with Gasteiger partial charge in [-0.1, -0.05) is 30.3 Å². The normalized spacial score (nSPS) is 15.9. The third-order valence-electron chi connectivity index (χ3n) is 2.72. The van der Waals surface area contributed by atoms with E-state index < -0.39 is 34.7 Å². The summed E-state index contributed by atoms with van der Waals surface area (Å²) in [4.78, 5) is 0. The SMILES string of the molecule is CC(C)(C)[S@+]([O-])N[C@@H](CCC(F)(F)F)c1ccccc1. The predicted molar refractivity (Wildman–Crippen MR) is 75.5 cm³/mol. The number of nitrogens with one attached hydrogen (secondary N) is 1. The summed E-state index contributed by atoms with van der Waals surface area (Å²) in [6.45, 7) is 5.34. The van der Waals surface area contributed by atoms with Gasteiger partial charge in [0.15, 0.2) is 0 Å². The van der Waals surface area contributed by atoms with Gasteiger partial charge in [0.05, 0.1) is 6.04 Å².